The minimum Gasteiger partial charge on any atom is -0.453 e. The van der Waals surface area contributed by atoms with Crippen molar-refractivity contribution in [2.24, 2.45) is 0 Å². The Morgan fingerprint density at radius 3 is 2.62 bits per heavy atom. The Bertz CT molecular complexity index is 703. The third-order valence-corrected chi connectivity index (χ3v) is 3.59. The molecule has 16 heavy (non-hydrogen) atoms. The minimum absolute atomic E-state index is 0.533. The molecule has 0 spiro atoms. The molecule has 0 saturated heterocycles. The van der Waals surface area contributed by atoms with Gasteiger partial charge in [-0.25, -0.2) is 0 Å². The van der Waals surface area contributed by atoms with Gasteiger partial charge in [0.1, 0.15) is 5.58 Å². The van der Waals surface area contributed by atoms with E-state index in [0.717, 1.165) is 20.8 Å². The van der Waals surface area contributed by atoms with E-state index in [1.165, 1.54) is 0 Å². The standard InChI is InChI=1S/C12H5BrCl2O/c13-9-3-1-2-7-8-4-6(14)5-10(15)12(8)16-11(7)9/h1-5H. The molecule has 1 nitrogen and oxygen atoms in total. The van der Waals surface area contributed by atoms with Gasteiger partial charge in [0.15, 0.2) is 5.58 Å². The molecule has 0 bridgehead atoms. The Labute approximate surface area is 110 Å². The van der Waals surface area contributed by atoms with Crippen LogP contribution in [0.2, 0.25) is 10.0 Å². The first-order valence-electron chi connectivity index (χ1n) is 4.62. The first-order chi connectivity index (χ1) is 7.66. The van der Waals surface area contributed by atoms with Gasteiger partial charge in [0.2, 0.25) is 0 Å². The summed E-state index contributed by atoms with van der Waals surface area (Å²) in [5, 5.41) is 3.09. The molecular weight excluding hydrogens is 311 g/mol. The van der Waals surface area contributed by atoms with E-state index in [9.17, 15) is 0 Å². The van der Waals surface area contributed by atoms with Crippen LogP contribution < -0.4 is 0 Å². The highest BCUT2D eigenvalue weighted by Crippen LogP contribution is 2.38. The molecule has 4 heteroatoms. The van der Waals surface area contributed by atoms with Crippen LogP contribution in [0.15, 0.2) is 39.2 Å². The summed E-state index contributed by atoms with van der Waals surface area (Å²) in [7, 11) is 0. The van der Waals surface area contributed by atoms with Crippen LogP contribution in [0.3, 0.4) is 0 Å². The van der Waals surface area contributed by atoms with Crippen molar-refractivity contribution in [2.75, 3.05) is 0 Å². The quantitative estimate of drug-likeness (QED) is 0.522. The van der Waals surface area contributed by atoms with Gasteiger partial charge in [-0.05, 0) is 34.1 Å². The molecule has 1 aromatic heterocycles. The first-order valence-corrected chi connectivity index (χ1v) is 6.17. The van der Waals surface area contributed by atoms with Gasteiger partial charge in [-0.15, -0.1) is 0 Å². The molecule has 80 valence electrons. The van der Waals surface area contributed by atoms with Gasteiger partial charge in [-0.2, -0.15) is 0 Å². The number of halogens is 3. The maximum absolute atomic E-state index is 6.09. The van der Waals surface area contributed by atoms with Gasteiger partial charge in [-0.1, -0.05) is 35.3 Å². The zero-order valence-electron chi connectivity index (χ0n) is 7.93. The first kappa shape index (κ1) is 10.5. The molecule has 0 amide bonds. The summed E-state index contributed by atoms with van der Waals surface area (Å²) in [6.07, 6.45) is 0. The number of para-hydroxylation sites is 1. The zero-order valence-corrected chi connectivity index (χ0v) is 11.0. The number of fused-ring (bicyclic) bond motifs is 3. The van der Waals surface area contributed by atoms with Gasteiger partial charge in [0, 0.05) is 15.8 Å². The van der Waals surface area contributed by atoms with E-state index in [1.54, 1.807) is 6.07 Å². The fourth-order valence-corrected chi connectivity index (χ4v) is 2.77. The Balaban J connectivity index is 2.61. The van der Waals surface area contributed by atoms with Crippen LogP contribution in [0.5, 0.6) is 0 Å². The van der Waals surface area contributed by atoms with E-state index < -0.39 is 0 Å². The van der Waals surface area contributed by atoms with Gasteiger partial charge >= 0.3 is 0 Å². The lowest BCUT2D eigenvalue weighted by Crippen LogP contribution is -1.69. The summed E-state index contributed by atoms with van der Waals surface area (Å²) in [5.41, 5.74) is 1.47. The summed E-state index contributed by atoms with van der Waals surface area (Å²) in [6.45, 7) is 0. The number of rotatable bonds is 0. The molecule has 3 rings (SSSR count). The van der Waals surface area contributed by atoms with Crippen LogP contribution in [0.25, 0.3) is 21.9 Å². The van der Waals surface area contributed by atoms with Crippen molar-refractivity contribution in [2.45, 2.75) is 0 Å². The predicted octanol–water partition coefficient (Wildman–Crippen LogP) is 5.66. The van der Waals surface area contributed by atoms with Gasteiger partial charge in [0.25, 0.3) is 0 Å². The molecule has 0 aliphatic carbocycles. The molecule has 2 aromatic carbocycles. The van der Waals surface area contributed by atoms with E-state index >= 15 is 0 Å². The second-order valence-electron chi connectivity index (χ2n) is 3.48. The van der Waals surface area contributed by atoms with Crippen LogP contribution in [-0.4, -0.2) is 0 Å². The Kier molecular flexibility index (Phi) is 2.39. The summed E-state index contributed by atoms with van der Waals surface area (Å²) in [6, 6.07) is 9.41. The van der Waals surface area contributed by atoms with E-state index in [4.69, 9.17) is 27.6 Å². The Morgan fingerprint density at radius 2 is 1.81 bits per heavy atom. The van der Waals surface area contributed by atoms with Crippen LogP contribution in [0.4, 0.5) is 0 Å². The number of furan rings is 1. The lowest BCUT2D eigenvalue weighted by atomic mass is 10.1. The summed E-state index contributed by atoms with van der Waals surface area (Å²) < 4.78 is 6.64. The van der Waals surface area contributed by atoms with Crippen molar-refractivity contribution in [3.63, 3.8) is 0 Å². The van der Waals surface area contributed by atoms with Gasteiger partial charge in [-0.3, -0.25) is 0 Å². The van der Waals surface area contributed by atoms with E-state index in [0.29, 0.717) is 15.6 Å². The van der Waals surface area contributed by atoms with E-state index in [-0.39, 0.29) is 0 Å². The average Bonchev–Trinajstić information content (AvgIpc) is 2.59. The molecule has 0 atom stereocenters. The SMILES string of the molecule is Clc1cc(Cl)c2oc3c(Br)cccc3c2c1. The normalized spacial score (nSPS) is 11.4. The molecular formula is C12H5BrCl2O. The largest absolute Gasteiger partial charge is 0.453 e. The molecule has 0 aliphatic rings. The van der Waals surface area contributed by atoms with Crippen molar-refractivity contribution in [1.82, 2.24) is 0 Å². The molecule has 0 unspecified atom stereocenters. The lowest BCUT2D eigenvalue weighted by Gasteiger charge is -1.93. The van der Waals surface area contributed by atoms with Crippen LogP contribution >= 0.6 is 39.1 Å². The maximum atomic E-state index is 6.09. The minimum atomic E-state index is 0.533. The fourth-order valence-electron chi connectivity index (χ4n) is 1.79. The van der Waals surface area contributed by atoms with Gasteiger partial charge < -0.3 is 4.42 Å². The molecule has 0 radical (unpaired) electrons. The van der Waals surface area contributed by atoms with Crippen LogP contribution in [0, 0.1) is 0 Å². The average molecular weight is 316 g/mol. The Morgan fingerprint density at radius 1 is 1.00 bits per heavy atom. The molecule has 0 saturated carbocycles. The van der Waals surface area contributed by atoms with Gasteiger partial charge in [0.05, 0.1) is 9.50 Å². The van der Waals surface area contributed by atoms with E-state index in [2.05, 4.69) is 15.9 Å². The molecule has 0 N–H and O–H groups in total. The third-order valence-electron chi connectivity index (χ3n) is 2.47. The predicted molar refractivity (Wildman–Crippen MR) is 71.4 cm³/mol. The van der Waals surface area contributed by atoms with E-state index in [1.807, 2.05) is 24.3 Å². The topological polar surface area (TPSA) is 13.1 Å². The van der Waals surface area contributed by atoms with Crippen LogP contribution in [-0.2, 0) is 0 Å². The molecule has 0 aliphatic heterocycles. The number of hydrogen-bond donors (Lipinski definition) is 0. The molecule has 3 aromatic rings. The van der Waals surface area contributed by atoms with Crippen molar-refractivity contribution < 1.29 is 4.42 Å². The van der Waals surface area contributed by atoms with Crippen molar-refractivity contribution >= 4 is 61.1 Å². The molecule has 0 fully saturated rings. The second kappa shape index (κ2) is 3.66. The summed E-state index contributed by atoms with van der Waals surface area (Å²) >= 11 is 15.5. The summed E-state index contributed by atoms with van der Waals surface area (Å²) in [4.78, 5) is 0. The lowest BCUT2D eigenvalue weighted by molar-refractivity contribution is 0.667. The highest BCUT2D eigenvalue weighted by atomic mass is 79.9. The third kappa shape index (κ3) is 1.45. The smallest absolute Gasteiger partial charge is 0.154 e. The highest BCUT2D eigenvalue weighted by molar-refractivity contribution is 9.10. The Hall–Kier alpha value is -0.700. The monoisotopic (exact) mass is 314 g/mol. The second-order valence-corrected chi connectivity index (χ2v) is 5.18. The van der Waals surface area contributed by atoms with Crippen LogP contribution in [0.1, 0.15) is 0 Å². The van der Waals surface area contributed by atoms with Crippen molar-refractivity contribution in [3.05, 3.63) is 44.8 Å². The number of benzene rings is 2. The fraction of sp³-hybridized carbons (Fsp3) is 0. The van der Waals surface area contributed by atoms with Crippen molar-refractivity contribution in [3.8, 4) is 0 Å². The number of hydrogen-bond acceptors (Lipinski definition) is 1. The summed E-state index contributed by atoms with van der Waals surface area (Å²) in [5.74, 6) is 0. The molecule has 1 heterocycles. The van der Waals surface area contributed by atoms with Crippen molar-refractivity contribution in [1.29, 1.82) is 0 Å². The highest BCUT2D eigenvalue weighted by Gasteiger charge is 2.12. The zero-order chi connectivity index (χ0) is 11.3. The maximum Gasteiger partial charge on any atom is 0.154 e.